The van der Waals surface area contributed by atoms with Crippen molar-refractivity contribution in [2.24, 2.45) is 5.92 Å². The zero-order valence-corrected chi connectivity index (χ0v) is 12.5. The molecule has 7 heteroatoms. The number of carbonyl (C=O) groups excluding carboxylic acids is 1. The molecule has 1 saturated heterocycles. The Kier molecular flexibility index (Phi) is 4.70. The van der Waals surface area contributed by atoms with Gasteiger partial charge in [0.25, 0.3) is 0 Å². The van der Waals surface area contributed by atoms with Crippen LogP contribution in [0.1, 0.15) is 39.0 Å². The maximum absolute atomic E-state index is 12.1. The van der Waals surface area contributed by atoms with Crippen molar-refractivity contribution in [1.29, 1.82) is 0 Å². The summed E-state index contributed by atoms with van der Waals surface area (Å²) < 4.78 is 41.8. The summed E-state index contributed by atoms with van der Waals surface area (Å²) in [6.07, 6.45) is -1.82. The number of hydrogen-bond acceptors (Lipinski definition) is 2. The maximum atomic E-state index is 12.1. The van der Waals surface area contributed by atoms with Crippen molar-refractivity contribution in [1.82, 2.24) is 10.2 Å². The predicted molar refractivity (Wildman–Crippen MR) is 71.9 cm³/mol. The maximum Gasteiger partial charge on any atom is 0.389 e. The van der Waals surface area contributed by atoms with Gasteiger partial charge in [0.2, 0.25) is 0 Å². The summed E-state index contributed by atoms with van der Waals surface area (Å²) in [6, 6.07) is -0.285. The Morgan fingerprint density at radius 3 is 2.48 bits per heavy atom. The summed E-state index contributed by atoms with van der Waals surface area (Å²) in [5.74, 6) is -0.0345. The molecule has 1 N–H and O–H groups in total. The molecule has 2 fully saturated rings. The van der Waals surface area contributed by atoms with Gasteiger partial charge in [-0.15, -0.1) is 0 Å². The highest BCUT2D eigenvalue weighted by molar-refractivity contribution is 5.75. The number of nitrogens with zero attached hydrogens (tertiary/aromatic N) is 1. The van der Waals surface area contributed by atoms with Crippen molar-refractivity contribution in [3.63, 3.8) is 0 Å². The lowest BCUT2D eigenvalue weighted by Crippen LogP contribution is -2.61. The van der Waals surface area contributed by atoms with Crippen molar-refractivity contribution in [2.45, 2.75) is 56.8 Å². The van der Waals surface area contributed by atoms with E-state index in [4.69, 9.17) is 4.74 Å². The van der Waals surface area contributed by atoms with E-state index in [1.54, 1.807) is 12.0 Å². The molecule has 0 spiro atoms. The van der Waals surface area contributed by atoms with Gasteiger partial charge >= 0.3 is 12.2 Å². The molecular formula is C14H23F3N2O2. The Morgan fingerprint density at radius 1 is 1.43 bits per heavy atom. The zero-order valence-electron chi connectivity index (χ0n) is 12.5. The van der Waals surface area contributed by atoms with Gasteiger partial charge < -0.3 is 15.0 Å². The second-order valence-corrected chi connectivity index (χ2v) is 6.22. The molecule has 1 atom stereocenters. The summed E-state index contributed by atoms with van der Waals surface area (Å²) in [5.41, 5.74) is -0.268. The quantitative estimate of drug-likeness (QED) is 0.848. The molecule has 21 heavy (non-hydrogen) atoms. The zero-order chi connectivity index (χ0) is 15.7. The molecule has 2 aliphatic rings. The van der Waals surface area contributed by atoms with Crippen LogP contribution in [0.25, 0.3) is 0 Å². The van der Waals surface area contributed by atoms with Crippen LogP contribution in [0.15, 0.2) is 0 Å². The Balaban J connectivity index is 1.69. The SMILES string of the molecule is COC1(C(C)NC(=O)N2CC(CCC(F)(F)F)C2)CCC1. The first kappa shape index (κ1) is 16.4. The monoisotopic (exact) mass is 308 g/mol. The van der Waals surface area contributed by atoms with Crippen LogP contribution in [-0.2, 0) is 4.74 Å². The summed E-state index contributed by atoms with van der Waals surface area (Å²) in [4.78, 5) is 13.6. The fraction of sp³-hybridized carbons (Fsp3) is 0.929. The number of halogens is 3. The summed E-state index contributed by atoms with van der Waals surface area (Å²) in [7, 11) is 1.65. The van der Waals surface area contributed by atoms with Gasteiger partial charge in [-0.05, 0) is 38.5 Å². The minimum absolute atomic E-state index is 0.0345. The van der Waals surface area contributed by atoms with Crippen LogP contribution in [0, 0.1) is 5.92 Å². The number of alkyl halides is 3. The lowest BCUT2D eigenvalue weighted by Gasteiger charge is -2.47. The van der Waals surface area contributed by atoms with E-state index in [2.05, 4.69) is 5.32 Å². The summed E-state index contributed by atoms with van der Waals surface area (Å²) >= 11 is 0. The lowest BCUT2D eigenvalue weighted by atomic mass is 9.75. The number of rotatable bonds is 5. The van der Waals surface area contributed by atoms with E-state index in [9.17, 15) is 18.0 Å². The molecule has 4 nitrogen and oxygen atoms in total. The smallest absolute Gasteiger partial charge is 0.376 e. The summed E-state index contributed by atoms with van der Waals surface area (Å²) in [6.45, 7) is 2.74. The highest BCUT2D eigenvalue weighted by Crippen LogP contribution is 2.38. The van der Waals surface area contributed by atoms with Gasteiger partial charge in [-0.2, -0.15) is 13.2 Å². The molecule has 2 rings (SSSR count). The molecule has 1 heterocycles. The minimum Gasteiger partial charge on any atom is -0.376 e. The third-order valence-corrected chi connectivity index (χ3v) is 4.82. The van der Waals surface area contributed by atoms with Gasteiger partial charge in [0, 0.05) is 26.6 Å². The van der Waals surface area contributed by atoms with E-state index in [0.717, 1.165) is 19.3 Å². The van der Waals surface area contributed by atoms with E-state index in [1.807, 2.05) is 6.92 Å². The van der Waals surface area contributed by atoms with Crippen LogP contribution in [0.3, 0.4) is 0 Å². The molecule has 0 aromatic rings. The molecule has 1 saturated carbocycles. The second kappa shape index (κ2) is 6.02. The molecule has 0 aromatic carbocycles. The molecule has 0 radical (unpaired) electrons. The number of amides is 2. The van der Waals surface area contributed by atoms with Gasteiger partial charge in [0.1, 0.15) is 0 Å². The van der Waals surface area contributed by atoms with E-state index in [1.165, 1.54) is 0 Å². The normalized spacial score (nSPS) is 23.2. The fourth-order valence-electron chi connectivity index (χ4n) is 3.03. The topological polar surface area (TPSA) is 41.6 Å². The largest absolute Gasteiger partial charge is 0.389 e. The van der Waals surface area contributed by atoms with Crippen LogP contribution < -0.4 is 5.32 Å². The molecule has 0 aromatic heterocycles. The number of urea groups is 1. The number of carbonyl (C=O) groups is 1. The van der Waals surface area contributed by atoms with E-state index in [0.29, 0.717) is 13.1 Å². The van der Waals surface area contributed by atoms with Gasteiger partial charge in [0.15, 0.2) is 0 Å². The highest BCUT2D eigenvalue weighted by Gasteiger charge is 2.44. The van der Waals surface area contributed by atoms with Crippen LogP contribution >= 0.6 is 0 Å². The van der Waals surface area contributed by atoms with E-state index >= 15 is 0 Å². The Morgan fingerprint density at radius 2 is 2.05 bits per heavy atom. The van der Waals surface area contributed by atoms with Crippen molar-refractivity contribution >= 4 is 6.03 Å². The number of likely N-dealkylation sites (tertiary alicyclic amines) is 1. The number of ether oxygens (including phenoxy) is 1. The predicted octanol–water partition coefficient (Wildman–Crippen LogP) is 2.93. The van der Waals surface area contributed by atoms with Gasteiger partial charge in [-0.3, -0.25) is 0 Å². The first-order valence-corrected chi connectivity index (χ1v) is 7.43. The second-order valence-electron chi connectivity index (χ2n) is 6.22. The van der Waals surface area contributed by atoms with Crippen LogP contribution in [0.2, 0.25) is 0 Å². The van der Waals surface area contributed by atoms with Gasteiger partial charge in [-0.25, -0.2) is 4.79 Å². The third-order valence-electron chi connectivity index (χ3n) is 4.82. The standard InChI is InChI=1S/C14H23F3N2O2/c1-10(13(21-2)5-3-6-13)18-12(20)19-8-11(9-19)4-7-14(15,16)17/h10-11H,3-9H2,1-2H3,(H,18,20). The van der Waals surface area contributed by atoms with Gasteiger partial charge in [-0.1, -0.05) is 0 Å². The average molecular weight is 308 g/mol. The molecule has 1 aliphatic heterocycles. The van der Waals surface area contributed by atoms with Gasteiger partial charge in [0.05, 0.1) is 11.6 Å². The van der Waals surface area contributed by atoms with Crippen molar-refractivity contribution in [2.75, 3.05) is 20.2 Å². The first-order chi connectivity index (χ1) is 9.76. The molecule has 122 valence electrons. The first-order valence-electron chi connectivity index (χ1n) is 7.43. The Labute approximate surface area is 123 Å². The van der Waals surface area contributed by atoms with Crippen LogP contribution in [0.4, 0.5) is 18.0 Å². The molecule has 1 unspecified atom stereocenters. The Hall–Kier alpha value is -0.980. The summed E-state index contributed by atoms with van der Waals surface area (Å²) in [5, 5.41) is 2.91. The number of hydrogen-bond donors (Lipinski definition) is 1. The molecule has 1 aliphatic carbocycles. The third kappa shape index (κ3) is 3.81. The molecule has 0 bridgehead atoms. The van der Waals surface area contributed by atoms with E-state index < -0.39 is 12.6 Å². The molecule has 2 amide bonds. The van der Waals surface area contributed by atoms with Crippen LogP contribution in [-0.4, -0.2) is 48.9 Å². The number of methoxy groups -OCH3 is 1. The van der Waals surface area contributed by atoms with Crippen molar-refractivity contribution < 1.29 is 22.7 Å². The van der Waals surface area contributed by atoms with Crippen molar-refractivity contribution in [3.05, 3.63) is 0 Å². The van der Waals surface area contributed by atoms with Crippen molar-refractivity contribution in [3.8, 4) is 0 Å². The molecular weight excluding hydrogens is 285 g/mol. The number of nitrogens with one attached hydrogen (secondary N) is 1. The fourth-order valence-corrected chi connectivity index (χ4v) is 3.03. The lowest BCUT2D eigenvalue weighted by molar-refractivity contribution is -0.139. The van der Waals surface area contributed by atoms with Crippen LogP contribution in [0.5, 0.6) is 0 Å². The Bertz CT molecular complexity index is 371. The average Bonchev–Trinajstić information content (AvgIpc) is 2.24. The minimum atomic E-state index is -4.10. The van der Waals surface area contributed by atoms with E-state index in [-0.39, 0.29) is 30.0 Å². The highest BCUT2D eigenvalue weighted by atomic mass is 19.4.